The molecule has 0 bridgehead atoms. The van der Waals surface area contributed by atoms with Gasteiger partial charge in [0.05, 0.1) is 0 Å². The summed E-state index contributed by atoms with van der Waals surface area (Å²) in [5.41, 5.74) is 1.03. The van der Waals surface area contributed by atoms with Crippen LogP contribution in [0.4, 0.5) is 0 Å². The van der Waals surface area contributed by atoms with Crippen molar-refractivity contribution in [1.82, 2.24) is 4.90 Å². The van der Waals surface area contributed by atoms with E-state index in [4.69, 9.17) is 16.3 Å². The number of alkyl halides is 1. The number of rotatable bonds is 2. The van der Waals surface area contributed by atoms with Crippen LogP contribution in [0.5, 0.6) is 5.75 Å². The molecule has 0 radical (unpaired) electrons. The van der Waals surface area contributed by atoms with E-state index in [0.29, 0.717) is 18.4 Å². The molecule has 1 aromatic rings. The van der Waals surface area contributed by atoms with Crippen molar-refractivity contribution in [2.45, 2.75) is 18.8 Å². The monoisotopic (exact) mass is 279 g/mol. The summed E-state index contributed by atoms with van der Waals surface area (Å²) < 4.78 is 5.60. The molecule has 0 N–H and O–H groups in total. The highest BCUT2D eigenvalue weighted by molar-refractivity contribution is 6.18. The molecule has 0 aromatic heterocycles. The lowest BCUT2D eigenvalue weighted by molar-refractivity contribution is -0.134. The summed E-state index contributed by atoms with van der Waals surface area (Å²) in [6.45, 7) is 2.12. The molecule has 1 saturated heterocycles. The average Bonchev–Trinajstić information content (AvgIpc) is 2.90. The topological polar surface area (TPSA) is 29.5 Å². The molecule has 1 fully saturated rings. The van der Waals surface area contributed by atoms with Crippen LogP contribution < -0.4 is 4.74 Å². The van der Waals surface area contributed by atoms with E-state index in [1.54, 1.807) is 0 Å². The largest absolute Gasteiger partial charge is 0.492 e. The summed E-state index contributed by atoms with van der Waals surface area (Å²) in [5, 5.41) is 0. The zero-order valence-corrected chi connectivity index (χ0v) is 11.6. The van der Waals surface area contributed by atoms with Crippen LogP contribution in [0.1, 0.15) is 24.3 Å². The number of carbonyl (C=O) groups excluding carboxylic acids is 1. The van der Waals surface area contributed by atoms with Crippen LogP contribution in [0.15, 0.2) is 24.3 Å². The van der Waals surface area contributed by atoms with Crippen molar-refractivity contribution in [3.8, 4) is 5.75 Å². The van der Waals surface area contributed by atoms with E-state index in [-0.39, 0.29) is 11.8 Å². The van der Waals surface area contributed by atoms with Gasteiger partial charge in [-0.25, -0.2) is 0 Å². The number of benzene rings is 1. The van der Waals surface area contributed by atoms with Gasteiger partial charge in [0.15, 0.2) is 0 Å². The molecule has 0 saturated carbocycles. The van der Waals surface area contributed by atoms with Gasteiger partial charge in [-0.3, -0.25) is 4.79 Å². The minimum absolute atomic E-state index is 0.134. The Hall–Kier alpha value is -1.22. The maximum atomic E-state index is 12.6. The molecule has 2 aliphatic heterocycles. The highest BCUT2D eigenvalue weighted by atomic mass is 35.5. The molecule has 2 aliphatic rings. The van der Waals surface area contributed by atoms with Crippen molar-refractivity contribution in [2.24, 2.45) is 5.92 Å². The number of likely N-dealkylation sites (tertiary alicyclic amines) is 1. The van der Waals surface area contributed by atoms with Crippen LogP contribution in [0.2, 0.25) is 0 Å². The summed E-state index contributed by atoms with van der Waals surface area (Å²) >= 11 is 5.93. The van der Waals surface area contributed by atoms with Crippen molar-refractivity contribution in [3.63, 3.8) is 0 Å². The molecule has 3 rings (SSSR count). The van der Waals surface area contributed by atoms with Crippen molar-refractivity contribution in [3.05, 3.63) is 29.8 Å². The Balaban J connectivity index is 1.75. The van der Waals surface area contributed by atoms with Gasteiger partial charge in [0.25, 0.3) is 0 Å². The Morgan fingerprint density at radius 2 is 2.26 bits per heavy atom. The highest BCUT2D eigenvalue weighted by Crippen LogP contribution is 2.35. The number of hydrogen-bond donors (Lipinski definition) is 0. The van der Waals surface area contributed by atoms with Crippen molar-refractivity contribution in [1.29, 1.82) is 0 Å². The Kier molecular flexibility index (Phi) is 3.65. The van der Waals surface area contributed by atoms with E-state index in [1.165, 1.54) is 0 Å². The molecule has 3 nitrogen and oxygen atoms in total. The Bertz CT molecular complexity index is 477. The molecular weight excluding hydrogens is 262 g/mol. The van der Waals surface area contributed by atoms with Gasteiger partial charge >= 0.3 is 0 Å². The number of halogens is 1. The SMILES string of the molecule is O=C(C1COc2ccccc21)N1CCCC(CCl)C1. The van der Waals surface area contributed by atoms with Gasteiger partial charge in [0, 0.05) is 24.5 Å². The van der Waals surface area contributed by atoms with Crippen LogP contribution >= 0.6 is 11.6 Å². The normalized spacial score (nSPS) is 25.8. The third-order valence-corrected chi connectivity index (χ3v) is 4.48. The number of ether oxygens (including phenoxy) is 1. The number of piperidine rings is 1. The minimum atomic E-state index is -0.134. The lowest BCUT2D eigenvalue weighted by atomic mass is 9.95. The second kappa shape index (κ2) is 5.41. The van der Waals surface area contributed by atoms with Gasteiger partial charge in [-0.05, 0) is 24.8 Å². The molecule has 102 valence electrons. The van der Waals surface area contributed by atoms with Crippen molar-refractivity contribution >= 4 is 17.5 Å². The van der Waals surface area contributed by atoms with Crippen LogP contribution in [-0.4, -0.2) is 36.4 Å². The molecule has 0 aliphatic carbocycles. The Morgan fingerprint density at radius 3 is 3.11 bits per heavy atom. The zero-order valence-electron chi connectivity index (χ0n) is 10.8. The molecule has 2 heterocycles. The van der Waals surface area contributed by atoms with E-state index in [0.717, 1.165) is 37.2 Å². The second-order valence-electron chi connectivity index (χ2n) is 5.35. The predicted octanol–water partition coefficient (Wildman–Crippen LogP) is 2.64. The number of para-hydroxylation sites is 1. The maximum absolute atomic E-state index is 12.6. The first-order valence-electron chi connectivity index (χ1n) is 6.86. The van der Waals surface area contributed by atoms with Gasteiger partial charge in [-0.15, -0.1) is 11.6 Å². The number of nitrogens with zero attached hydrogens (tertiary/aromatic N) is 1. The third-order valence-electron chi connectivity index (χ3n) is 4.05. The fraction of sp³-hybridized carbons (Fsp3) is 0.533. The zero-order chi connectivity index (χ0) is 13.2. The first kappa shape index (κ1) is 12.8. The van der Waals surface area contributed by atoms with Gasteiger partial charge in [0.1, 0.15) is 18.3 Å². The summed E-state index contributed by atoms with van der Waals surface area (Å²) in [7, 11) is 0. The van der Waals surface area contributed by atoms with Crippen LogP contribution in [0.25, 0.3) is 0 Å². The molecule has 2 unspecified atom stereocenters. The van der Waals surface area contributed by atoms with E-state index < -0.39 is 0 Å². The van der Waals surface area contributed by atoms with E-state index in [9.17, 15) is 4.79 Å². The number of hydrogen-bond acceptors (Lipinski definition) is 2. The lowest BCUT2D eigenvalue weighted by Crippen LogP contribution is -2.43. The lowest BCUT2D eigenvalue weighted by Gasteiger charge is -2.33. The standard InChI is InChI=1S/C15H18ClNO2/c16-8-11-4-3-7-17(9-11)15(18)13-10-19-14-6-2-1-5-12(13)14/h1-2,5-6,11,13H,3-4,7-10H2. The third kappa shape index (κ3) is 2.44. The van der Waals surface area contributed by atoms with Gasteiger partial charge in [-0.2, -0.15) is 0 Å². The molecule has 4 heteroatoms. The van der Waals surface area contributed by atoms with Crippen LogP contribution in [0, 0.1) is 5.92 Å². The summed E-state index contributed by atoms with van der Waals surface area (Å²) in [6.07, 6.45) is 2.18. The van der Waals surface area contributed by atoms with E-state index in [1.807, 2.05) is 29.2 Å². The molecule has 1 amide bonds. The van der Waals surface area contributed by atoms with Gasteiger partial charge in [-0.1, -0.05) is 18.2 Å². The quantitative estimate of drug-likeness (QED) is 0.779. The predicted molar refractivity (Wildman–Crippen MR) is 74.7 cm³/mol. The van der Waals surface area contributed by atoms with Crippen molar-refractivity contribution in [2.75, 3.05) is 25.6 Å². The fourth-order valence-electron chi connectivity index (χ4n) is 2.98. The average molecular weight is 280 g/mol. The number of fused-ring (bicyclic) bond motifs is 1. The van der Waals surface area contributed by atoms with Crippen LogP contribution in [0.3, 0.4) is 0 Å². The first-order chi connectivity index (χ1) is 9.29. The molecular formula is C15H18ClNO2. The number of carbonyl (C=O) groups is 1. The molecule has 2 atom stereocenters. The highest BCUT2D eigenvalue weighted by Gasteiger charge is 2.34. The molecule has 0 spiro atoms. The summed E-state index contributed by atoms with van der Waals surface area (Å²) in [5.74, 6) is 2.00. The minimum Gasteiger partial charge on any atom is -0.492 e. The van der Waals surface area contributed by atoms with Gasteiger partial charge in [0.2, 0.25) is 5.91 Å². The van der Waals surface area contributed by atoms with Gasteiger partial charge < -0.3 is 9.64 Å². The second-order valence-corrected chi connectivity index (χ2v) is 5.66. The Labute approximate surface area is 118 Å². The van der Waals surface area contributed by atoms with E-state index in [2.05, 4.69) is 0 Å². The summed E-state index contributed by atoms with van der Waals surface area (Å²) in [6, 6.07) is 7.83. The molecule has 19 heavy (non-hydrogen) atoms. The first-order valence-corrected chi connectivity index (χ1v) is 7.39. The maximum Gasteiger partial charge on any atom is 0.233 e. The van der Waals surface area contributed by atoms with Crippen molar-refractivity contribution < 1.29 is 9.53 Å². The smallest absolute Gasteiger partial charge is 0.233 e. The van der Waals surface area contributed by atoms with Crippen LogP contribution in [-0.2, 0) is 4.79 Å². The van der Waals surface area contributed by atoms with E-state index >= 15 is 0 Å². The number of amides is 1. The Morgan fingerprint density at radius 1 is 1.42 bits per heavy atom. The molecule has 1 aromatic carbocycles. The summed E-state index contributed by atoms with van der Waals surface area (Å²) in [4.78, 5) is 14.6. The fourth-order valence-corrected chi connectivity index (χ4v) is 3.23.